The van der Waals surface area contributed by atoms with E-state index >= 15 is 0 Å². The Hall–Kier alpha value is -1.42. The highest BCUT2D eigenvalue weighted by Crippen LogP contribution is 2.20. The van der Waals surface area contributed by atoms with Crippen LogP contribution >= 0.6 is 15.9 Å². The summed E-state index contributed by atoms with van der Waals surface area (Å²) in [5.41, 5.74) is 0.952. The largest absolute Gasteiger partial charge is 0.489 e. The fraction of sp³-hybridized carbons (Fsp3) is 0.143. The molecule has 0 amide bonds. The van der Waals surface area contributed by atoms with Gasteiger partial charge < -0.3 is 4.74 Å². The molecular formula is C14H11BrF2O. The Morgan fingerprint density at radius 2 is 1.78 bits per heavy atom. The van der Waals surface area contributed by atoms with Crippen LogP contribution in [0.4, 0.5) is 8.78 Å². The minimum absolute atomic E-state index is 0.107. The minimum Gasteiger partial charge on any atom is -0.489 e. The van der Waals surface area contributed by atoms with Gasteiger partial charge in [-0.05, 0) is 48.9 Å². The number of ether oxygens (including phenoxy) is 1. The first-order valence-electron chi connectivity index (χ1n) is 5.39. The normalized spacial score (nSPS) is 10.4. The second kappa shape index (κ2) is 5.48. The van der Waals surface area contributed by atoms with Crippen LogP contribution in [-0.4, -0.2) is 0 Å². The minimum atomic E-state index is -0.322. The molecule has 0 N–H and O–H groups in total. The van der Waals surface area contributed by atoms with Crippen molar-refractivity contribution in [2.45, 2.75) is 13.5 Å². The van der Waals surface area contributed by atoms with Gasteiger partial charge in [0.25, 0.3) is 0 Å². The lowest BCUT2D eigenvalue weighted by molar-refractivity contribution is 0.299. The molecule has 0 radical (unpaired) electrons. The van der Waals surface area contributed by atoms with E-state index in [1.54, 1.807) is 25.1 Å². The fourth-order valence-electron chi connectivity index (χ4n) is 1.52. The van der Waals surface area contributed by atoms with Crippen LogP contribution in [0.3, 0.4) is 0 Å². The Morgan fingerprint density at radius 3 is 2.50 bits per heavy atom. The summed E-state index contributed by atoms with van der Waals surface area (Å²) in [6.07, 6.45) is 0. The molecule has 0 aliphatic heterocycles. The highest BCUT2D eigenvalue weighted by Gasteiger charge is 2.05. The van der Waals surface area contributed by atoms with E-state index < -0.39 is 0 Å². The van der Waals surface area contributed by atoms with Crippen molar-refractivity contribution >= 4 is 15.9 Å². The van der Waals surface area contributed by atoms with Gasteiger partial charge in [-0.2, -0.15) is 0 Å². The van der Waals surface area contributed by atoms with Gasteiger partial charge in [0.05, 0.1) is 0 Å². The maximum atomic E-state index is 13.5. The van der Waals surface area contributed by atoms with Crippen LogP contribution in [0.5, 0.6) is 5.75 Å². The van der Waals surface area contributed by atoms with Gasteiger partial charge in [0.15, 0.2) is 0 Å². The molecule has 0 atom stereocenters. The Balaban J connectivity index is 2.11. The van der Waals surface area contributed by atoms with Gasteiger partial charge in [-0.1, -0.05) is 15.9 Å². The van der Waals surface area contributed by atoms with E-state index in [4.69, 9.17) is 4.74 Å². The molecule has 0 spiro atoms. The second-order valence-corrected chi connectivity index (χ2v) is 4.85. The van der Waals surface area contributed by atoms with Gasteiger partial charge in [0.1, 0.15) is 24.0 Å². The van der Waals surface area contributed by atoms with Crippen LogP contribution in [0.2, 0.25) is 0 Å². The van der Waals surface area contributed by atoms with Gasteiger partial charge in [0.2, 0.25) is 0 Å². The summed E-state index contributed by atoms with van der Waals surface area (Å²) >= 11 is 3.27. The molecule has 0 fully saturated rings. The topological polar surface area (TPSA) is 9.23 Å². The first kappa shape index (κ1) is 13.0. The van der Waals surface area contributed by atoms with Gasteiger partial charge in [-0.25, -0.2) is 8.78 Å². The molecule has 18 heavy (non-hydrogen) atoms. The standard InChI is InChI=1S/C14H11BrF2O/c1-9-6-12(3-5-13(9)16)18-8-10-7-11(15)2-4-14(10)17/h2-7H,8H2,1H3. The van der Waals surface area contributed by atoms with Crippen LogP contribution in [-0.2, 0) is 6.61 Å². The number of aryl methyl sites for hydroxylation is 1. The SMILES string of the molecule is Cc1cc(OCc2cc(Br)ccc2F)ccc1F. The Bertz CT molecular complexity index is 570. The first-order chi connectivity index (χ1) is 8.56. The molecule has 0 unspecified atom stereocenters. The number of hydrogen-bond donors (Lipinski definition) is 0. The molecule has 0 aliphatic rings. The zero-order chi connectivity index (χ0) is 13.1. The summed E-state index contributed by atoms with van der Waals surface area (Å²) in [4.78, 5) is 0. The second-order valence-electron chi connectivity index (χ2n) is 3.94. The van der Waals surface area contributed by atoms with E-state index in [-0.39, 0.29) is 18.2 Å². The predicted octanol–water partition coefficient (Wildman–Crippen LogP) is 4.61. The van der Waals surface area contributed by atoms with E-state index in [1.807, 2.05) is 0 Å². The average Bonchev–Trinajstić information content (AvgIpc) is 2.34. The van der Waals surface area contributed by atoms with Crippen molar-refractivity contribution in [2.24, 2.45) is 0 Å². The van der Waals surface area contributed by atoms with Crippen LogP contribution < -0.4 is 4.74 Å². The maximum absolute atomic E-state index is 13.5. The highest BCUT2D eigenvalue weighted by molar-refractivity contribution is 9.10. The van der Waals surface area contributed by atoms with Gasteiger partial charge in [0, 0.05) is 10.0 Å². The molecule has 0 aromatic heterocycles. The van der Waals surface area contributed by atoms with Crippen molar-refractivity contribution in [3.8, 4) is 5.75 Å². The zero-order valence-electron chi connectivity index (χ0n) is 9.71. The lowest BCUT2D eigenvalue weighted by atomic mass is 10.2. The van der Waals surface area contributed by atoms with Crippen LogP contribution in [0.25, 0.3) is 0 Å². The first-order valence-corrected chi connectivity index (χ1v) is 6.18. The number of benzene rings is 2. The van der Waals surface area contributed by atoms with Crippen LogP contribution in [0, 0.1) is 18.6 Å². The number of halogens is 3. The molecule has 2 aromatic rings. The maximum Gasteiger partial charge on any atom is 0.129 e. The summed E-state index contributed by atoms with van der Waals surface area (Å²) in [6.45, 7) is 1.76. The summed E-state index contributed by atoms with van der Waals surface area (Å²) in [7, 11) is 0. The lowest BCUT2D eigenvalue weighted by Gasteiger charge is -2.08. The molecule has 0 heterocycles. The summed E-state index contributed by atoms with van der Waals surface area (Å²) in [5, 5.41) is 0. The van der Waals surface area contributed by atoms with Gasteiger partial charge >= 0.3 is 0 Å². The van der Waals surface area contributed by atoms with Crippen molar-refractivity contribution in [1.82, 2.24) is 0 Å². The van der Waals surface area contributed by atoms with E-state index in [9.17, 15) is 8.78 Å². The average molecular weight is 313 g/mol. The molecular weight excluding hydrogens is 302 g/mol. The van der Waals surface area contributed by atoms with E-state index in [0.717, 1.165) is 4.47 Å². The molecule has 0 aliphatic carbocycles. The quantitative estimate of drug-likeness (QED) is 0.804. The molecule has 4 heteroatoms. The van der Waals surface area contributed by atoms with Crippen LogP contribution in [0.15, 0.2) is 40.9 Å². The van der Waals surface area contributed by atoms with Gasteiger partial charge in [-0.3, -0.25) is 0 Å². The number of rotatable bonds is 3. The van der Waals surface area contributed by atoms with E-state index in [2.05, 4.69) is 15.9 Å². The number of hydrogen-bond acceptors (Lipinski definition) is 1. The Labute approximate surface area is 113 Å². The monoisotopic (exact) mass is 312 g/mol. The zero-order valence-corrected chi connectivity index (χ0v) is 11.3. The molecule has 0 bridgehead atoms. The van der Waals surface area contributed by atoms with Gasteiger partial charge in [-0.15, -0.1) is 0 Å². The molecule has 2 aromatic carbocycles. The van der Waals surface area contributed by atoms with Crippen molar-refractivity contribution in [3.63, 3.8) is 0 Å². The Morgan fingerprint density at radius 1 is 1.06 bits per heavy atom. The third-order valence-corrected chi connectivity index (χ3v) is 3.02. The molecule has 2 rings (SSSR count). The highest BCUT2D eigenvalue weighted by atomic mass is 79.9. The van der Waals surface area contributed by atoms with Crippen molar-refractivity contribution in [1.29, 1.82) is 0 Å². The fourth-order valence-corrected chi connectivity index (χ4v) is 1.93. The van der Waals surface area contributed by atoms with Crippen molar-refractivity contribution in [2.75, 3.05) is 0 Å². The summed E-state index contributed by atoms with van der Waals surface area (Å²) < 4.78 is 32.7. The smallest absolute Gasteiger partial charge is 0.129 e. The van der Waals surface area contributed by atoms with E-state index in [0.29, 0.717) is 16.9 Å². The molecule has 0 saturated carbocycles. The molecule has 1 nitrogen and oxygen atoms in total. The summed E-state index contributed by atoms with van der Waals surface area (Å²) in [5.74, 6) is -0.0821. The third kappa shape index (κ3) is 3.07. The van der Waals surface area contributed by atoms with Crippen molar-refractivity contribution in [3.05, 3.63) is 63.6 Å². The third-order valence-electron chi connectivity index (χ3n) is 2.53. The van der Waals surface area contributed by atoms with Crippen molar-refractivity contribution < 1.29 is 13.5 Å². The molecule has 94 valence electrons. The Kier molecular flexibility index (Phi) is 3.97. The molecule has 0 saturated heterocycles. The lowest BCUT2D eigenvalue weighted by Crippen LogP contribution is -1.99. The predicted molar refractivity (Wildman–Crippen MR) is 69.6 cm³/mol. The van der Waals surface area contributed by atoms with Crippen LogP contribution in [0.1, 0.15) is 11.1 Å². The van der Waals surface area contributed by atoms with E-state index in [1.165, 1.54) is 18.2 Å². The summed E-state index contributed by atoms with van der Waals surface area (Å²) in [6, 6.07) is 9.11.